The Kier molecular flexibility index (Phi) is 5.91. The monoisotopic (exact) mass is 341 g/mol. The third-order valence-corrected chi connectivity index (χ3v) is 4.73. The lowest BCUT2D eigenvalue weighted by Gasteiger charge is -2.08. The topological polar surface area (TPSA) is 12.0 Å². The number of benzene rings is 2. The smallest absolute Gasteiger partial charge is 0.0400 e. The minimum absolute atomic E-state index is 0.848. The van der Waals surface area contributed by atoms with E-state index >= 15 is 0 Å². The van der Waals surface area contributed by atoms with Gasteiger partial charge in [-0.05, 0) is 66.7 Å². The van der Waals surface area contributed by atoms with Crippen molar-refractivity contribution in [3.8, 4) is 0 Å². The van der Waals surface area contributed by atoms with Gasteiger partial charge in [-0.2, -0.15) is 0 Å². The number of para-hydroxylation sites is 1. The Hall–Kier alpha value is -2.80. The zero-order valence-corrected chi connectivity index (χ0v) is 15.8. The number of rotatable bonds is 7. The lowest BCUT2D eigenvalue weighted by Crippen LogP contribution is -1.99. The molecule has 0 unspecified atom stereocenters. The number of anilines is 1. The summed E-state index contributed by atoms with van der Waals surface area (Å²) in [7, 11) is 0. The molecule has 1 N–H and O–H groups in total. The van der Waals surface area contributed by atoms with Gasteiger partial charge in [0.25, 0.3) is 0 Å². The van der Waals surface area contributed by atoms with E-state index in [0.29, 0.717) is 0 Å². The minimum Gasteiger partial charge on any atom is -0.381 e. The number of hydrogen-bond donors (Lipinski definition) is 1. The second-order valence-electron chi connectivity index (χ2n) is 6.98. The van der Waals surface area contributed by atoms with Gasteiger partial charge in [0.2, 0.25) is 0 Å². The Morgan fingerprint density at radius 2 is 1.69 bits per heavy atom. The van der Waals surface area contributed by atoms with Gasteiger partial charge in [0, 0.05) is 12.2 Å². The van der Waals surface area contributed by atoms with Crippen molar-refractivity contribution in [3.63, 3.8) is 0 Å². The molecule has 0 aromatic heterocycles. The highest BCUT2D eigenvalue weighted by atomic mass is 14.9. The Morgan fingerprint density at radius 1 is 1.00 bits per heavy atom. The van der Waals surface area contributed by atoms with Crippen molar-refractivity contribution in [1.29, 1.82) is 0 Å². The molecule has 0 bridgehead atoms. The predicted octanol–water partition coefficient (Wildman–Crippen LogP) is 6.62. The summed E-state index contributed by atoms with van der Waals surface area (Å²) >= 11 is 0. The van der Waals surface area contributed by atoms with Crippen LogP contribution in [0.1, 0.15) is 31.4 Å². The molecule has 1 nitrogen and oxygen atoms in total. The second-order valence-corrected chi connectivity index (χ2v) is 6.98. The van der Waals surface area contributed by atoms with E-state index < -0.39 is 0 Å². The molecular weight excluding hydrogens is 314 g/mol. The normalized spacial score (nSPS) is 13.0. The zero-order chi connectivity index (χ0) is 18.4. The first-order chi connectivity index (χ1) is 12.7. The lowest BCUT2D eigenvalue weighted by atomic mass is 10.00. The molecule has 1 aliphatic carbocycles. The average molecular weight is 341 g/mol. The van der Waals surface area contributed by atoms with Crippen molar-refractivity contribution in [2.45, 2.75) is 33.2 Å². The van der Waals surface area contributed by atoms with Gasteiger partial charge in [-0.3, -0.25) is 0 Å². The summed E-state index contributed by atoms with van der Waals surface area (Å²) in [5.74, 6) is 0. The highest BCUT2D eigenvalue weighted by molar-refractivity contribution is 5.51. The molecule has 0 atom stereocenters. The van der Waals surface area contributed by atoms with Gasteiger partial charge in [0.15, 0.2) is 0 Å². The largest absolute Gasteiger partial charge is 0.381 e. The maximum absolute atomic E-state index is 3.96. The van der Waals surface area contributed by atoms with E-state index in [4.69, 9.17) is 0 Å². The Labute approximate surface area is 157 Å². The van der Waals surface area contributed by atoms with Crippen molar-refractivity contribution in [1.82, 2.24) is 0 Å². The van der Waals surface area contributed by atoms with Crippen LogP contribution in [-0.4, -0.2) is 0 Å². The van der Waals surface area contributed by atoms with E-state index in [-0.39, 0.29) is 0 Å². The van der Waals surface area contributed by atoms with Gasteiger partial charge >= 0.3 is 0 Å². The molecule has 0 radical (unpaired) electrons. The fraction of sp³-hybridized carbons (Fsp3) is 0.200. The summed E-state index contributed by atoms with van der Waals surface area (Å²) in [5.41, 5.74) is 9.22. The molecule has 0 fully saturated rings. The van der Waals surface area contributed by atoms with Crippen LogP contribution >= 0.6 is 0 Å². The standard InChI is InChI=1S/C25H27N/c1-4-25(19(2)3)23-15-14-22(17-23)16-20-10-12-21(13-11-20)18-26-24-8-6-5-7-9-24/h4-14,17,26H,1,15-16,18H2,2-3H3. The maximum Gasteiger partial charge on any atom is 0.0400 e. The van der Waals surface area contributed by atoms with E-state index in [1.54, 1.807) is 0 Å². The van der Waals surface area contributed by atoms with Crippen molar-refractivity contribution in [2.75, 3.05) is 5.32 Å². The molecule has 1 aliphatic rings. The van der Waals surface area contributed by atoms with Gasteiger partial charge in [0.05, 0.1) is 0 Å². The summed E-state index contributed by atoms with van der Waals surface area (Å²) in [5, 5.41) is 3.45. The summed E-state index contributed by atoms with van der Waals surface area (Å²) < 4.78 is 0. The fourth-order valence-corrected chi connectivity index (χ4v) is 3.32. The molecule has 0 amide bonds. The Bertz CT molecular complexity index is 845. The lowest BCUT2D eigenvalue weighted by molar-refractivity contribution is 1.13. The van der Waals surface area contributed by atoms with Gasteiger partial charge in [-0.15, -0.1) is 0 Å². The highest BCUT2D eigenvalue weighted by Crippen LogP contribution is 2.28. The third kappa shape index (κ3) is 4.64. The van der Waals surface area contributed by atoms with E-state index in [9.17, 15) is 0 Å². The Balaban J connectivity index is 1.59. The van der Waals surface area contributed by atoms with Crippen LogP contribution in [0.15, 0.2) is 102 Å². The van der Waals surface area contributed by atoms with Gasteiger partial charge in [0.1, 0.15) is 0 Å². The van der Waals surface area contributed by atoms with E-state index in [1.807, 2.05) is 12.1 Å². The molecule has 0 spiro atoms. The van der Waals surface area contributed by atoms with Crippen LogP contribution in [-0.2, 0) is 13.0 Å². The molecule has 26 heavy (non-hydrogen) atoms. The molecule has 0 saturated carbocycles. The fourth-order valence-electron chi connectivity index (χ4n) is 3.32. The Morgan fingerprint density at radius 3 is 2.35 bits per heavy atom. The number of allylic oxidation sites excluding steroid dienone is 7. The van der Waals surface area contributed by atoms with Crippen molar-refractivity contribution >= 4 is 5.69 Å². The second kappa shape index (κ2) is 8.53. The first-order valence-corrected chi connectivity index (χ1v) is 9.22. The average Bonchev–Trinajstić information content (AvgIpc) is 3.10. The first kappa shape index (κ1) is 18.0. The van der Waals surface area contributed by atoms with Crippen LogP contribution in [0, 0.1) is 0 Å². The molecular formula is C25H27N. The first-order valence-electron chi connectivity index (χ1n) is 9.22. The van der Waals surface area contributed by atoms with Crippen LogP contribution in [0.25, 0.3) is 0 Å². The van der Waals surface area contributed by atoms with Crippen LogP contribution in [0.5, 0.6) is 0 Å². The number of hydrogen-bond acceptors (Lipinski definition) is 1. The van der Waals surface area contributed by atoms with Gasteiger partial charge < -0.3 is 5.32 Å². The summed E-state index contributed by atoms with van der Waals surface area (Å²) in [4.78, 5) is 0. The van der Waals surface area contributed by atoms with E-state index in [2.05, 4.69) is 86.4 Å². The quantitative estimate of drug-likeness (QED) is 0.558. The third-order valence-electron chi connectivity index (χ3n) is 4.73. The van der Waals surface area contributed by atoms with Crippen LogP contribution < -0.4 is 5.32 Å². The van der Waals surface area contributed by atoms with Gasteiger partial charge in [-0.25, -0.2) is 0 Å². The highest BCUT2D eigenvalue weighted by Gasteiger charge is 2.10. The molecule has 0 heterocycles. The van der Waals surface area contributed by atoms with Crippen molar-refractivity contribution in [2.24, 2.45) is 0 Å². The van der Waals surface area contributed by atoms with Crippen molar-refractivity contribution < 1.29 is 0 Å². The van der Waals surface area contributed by atoms with Crippen LogP contribution in [0.3, 0.4) is 0 Å². The maximum atomic E-state index is 3.96. The SMILES string of the molecule is C=CC(C1=CC(Cc2ccc(CNc3ccccc3)cc2)=CC1)=C(C)C. The van der Waals surface area contributed by atoms with Gasteiger partial charge in [-0.1, -0.05) is 72.8 Å². The zero-order valence-electron chi connectivity index (χ0n) is 15.8. The van der Waals surface area contributed by atoms with E-state index in [0.717, 1.165) is 25.1 Å². The molecule has 0 aliphatic heterocycles. The molecule has 2 aromatic rings. The predicted molar refractivity (Wildman–Crippen MR) is 113 cm³/mol. The minimum atomic E-state index is 0.848. The number of nitrogens with one attached hydrogen (secondary N) is 1. The van der Waals surface area contributed by atoms with Crippen LogP contribution in [0.2, 0.25) is 0 Å². The summed E-state index contributed by atoms with van der Waals surface area (Å²) in [6, 6.07) is 19.2. The molecule has 0 saturated heterocycles. The van der Waals surface area contributed by atoms with Crippen LogP contribution in [0.4, 0.5) is 5.69 Å². The molecule has 132 valence electrons. The summed E-state index contributed by atoms with van der Waals surface area (Å²) in [6.45, 7) is 9.11. The molecule has 1 heteroatoms. The molecule has 3 rings (SSSR count). The van der Waals surface area contributed by atoms with Crippen molar-refractivity contribution in [3.05, 3.63) is 113 Å². The van der Waals surface area contributed by atoms with E-state index in [1.165, 1.54) is 33.4 Å². The molecule has 2 aromatic carbocycles. The summed E-state index contributed by atoms with van der Waals surface area (Å²) in [6.07, 6.45) is 8.65.